The van der Waals surface area contributed by atoms with Crippen molar-refractivity contribution >= 4 is 5.91 Å². The molecule has 3 aliphatic rings. The van der Waals surface area contributed by atoms with Gasteiger partial charge < -0.3 is 15.2 Å². The van der Waals surface area contributed by atoms with E-state index >= 15 is 0 Å². The van der Waals surface area contributed by atoms with Crippen LogP contribution in [0.1, 0.15) is 71.1 Å². The Morgan fingerprint density at radius 3 is 2.29 bits per heavy atom. The van der Waals surface area contributed by atoms with Crippen molar-refractivity contribution in [1.29, 1.82) is 0 Å². The highest BCUT2D eigenvalue weighted by molar-refractivity contribution is 5.77. The van der Waals surface area contributed by atoms with Crippen molar-refractivity contribution in [3.8, 4) is 0 Å². The third kappa shape index (κ3) is 3.94. The van der Waals surface area contributed by atoms with Gasteiger partial charge in [0, 0.05) is 24.7 Å². The van der Waals surface area contributed by atoms with Gasteiger partial charge in [-0.1, -0.05) is 32.1 Å². The summed E-state index contributed by atoms with van der Waals surface area (Å²) in [6.07, 6.45) is 9.83. The van der Waals surface area contributed by atoms with Crippen LogP contribution < -0.4 is 5.32 Å². The lowest BCUT2D eigenvalue weighted by Gasteiger charge is -2.47. The van der Waals surface area contributed by atoms with E-state index in [1.165, 1.54) is 19.3 Å². The van der Waals surface area contributed by atoms with Gasteiger partial charge >= 0.3 is 0 Å². The zero-order valence-corrected chi connectivity index (χ0v) is 15.2. The topological polar surface area (TPSA) is 61.8 Å². The fourth-order valence-electron chi connectivity index (χ4n) is 5.13. The van der Waals surface area contributed by atoms with Crippen molar-refractivity contribution in [2.24, 2.45) is 0 Å². The van der Waals surface area contributed by atoms with Crippen LogP contribution in [0.2, 0.25) is 0 Å². The standard InChI is InChI=1S/C19H34N2O3/c1-16(20-17(22)15-18(23)7-3-2-4-8-18)19(9-5-6-10-19)21-11-13-24-14-12-21/h16,23H,2-15H2,1H3,(H,20,22). The molecule has 1 unspecified atom stereocenters. The number of ether oxygens (including phenoxy) is 1. The lowest BCUT2D eigenvalue weighted by atomic mass is 9.81. The fraction of sp³-hybridized carbons (Fsp3) is 0.947. The number of hydrogen-bond donors (Lipinski definition) is 2. The van der Waals surface area contributed by atoms with Gasteiger partial charge in [0.05, 0.1) is 25.2 Å². The van der Waals surface area contributed by atoms with Gasteiger partial charge in [0.15, 0.2) is 0 Å². The van der Waals surface area contributed by atoms with E-state index in [1.54, 1.807) is 0 Å². The Bertz CT molecular complexity index is 422. The highest BCUT2D eigenvalue weighted by atomic mass is 16.5. The molecule has 1 amide bonds. The number of hydrogen-bond acceptors (Lipinski definition) is 4. The Balaban J connectivity index is 1.60. The SMILES string of the molecule is CC(NC(=O)CC1(O)CCCCC1)C1(N2CCOCC2)CCCC1. The minimum atomic E-state index is -0.774. The monoisotopic (exact) mass is 338 g/mol. The van der Waals surface area contributed by atoms with Crippen molar-refractivity contribution < 1.29 is 14.6 Å². The highest BCUT2D eigenvalue weighted by Gasteiger charge is 2.45. The summed E-state index contributed by atoms with van der Waals surface area (Å²) in [5.74, 6) is 0.0198. The Morgan fingerprint density at radius 1 is 1.08 bits per heavy atom. The van der Waals surface area contributed by atoms with Gasteiger partial charge in [-0.2, -0.15) is 0 Å². The van der Waals surface area contributed by atoms with Gasteiger partial charge in [0.25, 0.3) is 0 Å². The van der Waals surface area contributed by atoms with Gasteiger partial charge in [-0.25, -0.2) is 0 Å². The van der Waals surface area contributed by atoms with Crippen molar-refractivity contribution in [2.45, 2.75) is 88.3 Å². The first-order valence-electron chi connectivity index (χ1n) is 9.89. The molecule has 2 N–H and O–H groups in total. The summed E-state index contributed by atoms with van der Waals surface area (Å²) in [5, 5.41) is 13.9. The van der Waals surface area contributed by atoms with Crippen LogP contribution in [0.4, 0.5) is 0 Å². The van der Waals surface area contributed by atoms with E-state index < -0.39 is 5.60 Å². The van der Waals surface area contributed by atoms with Gasteiger partial charge in [-0.15, -0.1) is 0 Å². The Kier molecular flexibility index (Phi) is 5.83. The van der Waals surface area contributed by atoms with Crippen LogP contribution in [0.25, 0.3) is 0 Å². The molecule has 2 aliphatic carbocycles. The number of nitrogens with one attached hydrogen (secondary N) is 1. The molecular formula is C19H34N2O3. The van der Waals surface area contributed by atoms with Gasteiger partial charge in [-0.3, -0.25) is 9.69 Å². The Morgan fingerprint density at radius 2 is 1.67 bits per heavy atom. The Labute approximate surface area is 146 Å². The van der Waals surface area contributed by atoms with Crippen LogP contribution >= 0.6 is 0 Å². The van der Waals surface area contributed by atoms with E-state index in [1.807, 2.05) is 0 Å². The molecule has 138 valence electrons. The Hall–Kier alpha value is -0.650. The van der Waals surface area contributed by atoms with Crippen molar-refractivity contribution in [2.75, 3.05) is 26.3 Å². The van der Waals surface area contributed by atoms with Crippen LogP contribution in [-0.2, 0) is 9.53 Å². The van der Waals surface area contributed by atoms with E-state index in [4.69, 9.17) is 4.74 Å². The molecule has 0 aromatic heterocycles. The van der Waals surface area contributed by atoms with Crippen LogP contribution in [0.3, 0.4) is 0 Å². The summed E-state index contributed by atoms with van der Waals surface area (Å²) >= 11 is 0. The molecule has 3 fully saturated rings. The molecule has 5 heteroatoms. The van der Waals surface area contributed by atoms with Gasteiger partial charge in [0.1, 0.15) is 0 Å². The van der Waals surface area contributed by atoms with Crippen molar-refractivity contribution in [3.63, 3.8) is 0 Å². The largest absolute Gasteiger partial charge is 0.389 e. The molecule has 24 heavy (non-hydrogen) atoms. The maximum atomic E-state index is 12.6. The van der Waals surface area contributed by atoms with Gasteiger partial charge in [0.2, 0.25) is 5.91 Å². The van der Waals surface area contributed by atoms with E-state index in [2.05, 4.69) is 17.1 Å². The summed E-state index contributed by atoms with van der Waals surface area (Å²) in [4.78, 5) is 15.1. The zero-order valence-electron chi connectivity index (χ0n) is 15.2. The normalized spacial score (nSPS) is 28.4. The van der Waals surface area contributed by atoms with Gasteiger partial charge in [-0.05, 0) is 32.6 Å². The predicted octanol–water partition coefficient (Wildman–Crippen LogP) is 2.22. The van der Waals surface area contributed by atoms with Crippen LogP contribution in [-0.4, -0.2) is 59.4 Å². The first-order valence-corrected chi connectivity index (χ1v) is 9.89. The number of carbonyl (C=O) groups excluding carboxylic acids is 1. The zero-order chi connectivity index (χ0) is 17.0. The second-order valence-electron chi connectivity index (χ2n) is 8.16. The van der Waals surface area contributed by atoms with E-state index in [9.17, 15) is 9.90 Å². The van der Waals surface area contributed by atoms with Crippen LogP contribution in [0.15, 0.2) is 0 Å². The van der Waals surface area contributed by atoms with E-state index in [-0.39, 0.29) is 23.9 Å². The third-order valence-corrected chi connectivity index (χ3v) is 6.57. The average molecular weight is 338 g/mol. The quantitative estimate of drug-likeness (QED) is 0.807. The molecule has 1 atom stereocenters. The predicted molar refractivity (Wildman–Crippen MR) is 93.8 cm³/mol. The van der Waals surface area contributed by atoms with E-state index in [0.717, 1.165) is 64.8 Å². The molecule has 1 heterocycles. The number of morpholine rings is 1. The summed E-state index contributed by atoms with van der Waals surface area (Å²) in [5.41, 5.74) is -0.696. The lowest BCUT2D eigenvalue weighted by molar-refractivity contribution is -0.129. The lowest BCUT2D eigenvalue weighted by Crippen LogP contribution is -2.62. The van der Waals surface area contributed by atoms with Crippen LogP contribution in [0, 0.1) is 0 Å². The molecular weight excluding hydrogens is 304 g/mol. The summed E-state index contributed by atoms with van der Waals surface area (Å²) < 4.78 is 5.52. The smallest absolute Gasteiger partial charge is 0.223 e. The maximum absolute atomic E-state index is 12.6. The molecule has 2 saturated carbocycles. The minimum absolute atomic E-state index is 0.0198. The third-order valence-electron chi connectivity index (χ3n) is 6.57. The second-order valence-corrected chi connectivity index (χ2v) is 8.16. The number of aliphatic hydroxyl groups is 1. The average Bonchev–Trinajstić information content (AvgIpc) is 3.07. The highest BCUT2D eigenvalue weighted by Crippen LogP contribution is 2.39. The summed E-state index contributed by atoms with van der Waals surface area (Å²) in [6.45, 7) is 5.67. The molecule has 1 saturated heterocycles. The minimum Gasteiger partial charge on any atom is -0.389 e. The molecule has 0 spiro atoms. The molecule has 5 nitrogen and oxygen atoms in total. The molecule has 1 aliphatic heterocycles. The maximum Gasteiger partial charge on any atom is 0.223 e. The second kappa shape index (κ2) is 7.71. The first kappa shape index (κ1) is 18.2. The number of rotatable bonds is 5. The number of amides is 1. The fourth-order valence-corrected chi connectivity index (χ4v) is 5.13. The number of nitrogens with zero attached hydrogens (tertiary/aromatic N) is 1. The number of carbonyl (C=O) groups is 1. The van der Waals surface area contributed by atoms with E-state index in [0.29, 0.717) is 0 Å². The molecule has 0 aromatic carbocycles. The first-order chi connectivity index (χ1) is 11.5. The molecule has 3 rings (SSSR count). The summed E-state index contributed by atoms with van der Waals surface area (Å²) in [6, 6.07) is 0.123. The molecule has 0 bridgehead atoms. The molecule has 0 aromatic rings. The van der Waals surface area contributed by atoms with Crippen LogP contribution in [0.5, 0.6) is 0 Å². The molecule has 0 radical (unpaired) electrons. The van der Waals surface area contributed by atoms with Crippen molar-refractivity contribution in [1.82, 2.24) is 10.2 Å². The van der Waals surface area contributed by atoms with Crippen molar-refractivity contribution in [3.05, 3.63) is 0 Å². The summed E-state index contributed by atoms with van der Waals surface area (Å²) in [7, 11) is 0.